The fourth-order valence-electron chi connectivity index (χ4n) is 6.16. The van der Waals surface area contributed by atoms with Crippen LogP contribution >= 0.6 is 0 Å². The molecule has 3 aliphatic rings. The van der Waals surface area contributed by atoms with Gasteiger partial charge in [-0.15, -0.1) is 0 Å². The molecule has 0 aromatic heterocycles. The molecular formula is C27H33FN2O2. The second kappa shape index (κ2) is 8.51. The highest BCUT2D eigenvalue weighted by Crippen LogP contribution is 2.52. The Morgan fingerprint density at radius 2 is 2.00 bits per heavy atom. The quantitative estimate of drug-likeness (QED) is 0.684. The smallest absolute Gasteiger partial charge is 0.224 e. The number of carbonyl (C=O) groups is 1. The summed E-state index contributed by atoms with van der Waals surface area (Å²) in [7, 11) is 0. The summed E-state index contributed by atoms with van der Waals surface area (Å²) in [6.07, 6.45) is 5.97. The third-order valence-electron chi connectivity index (χ3n) is 8.18. The minimum absolute atomic E-state index is 0.0276. The molecule has 5 heteroatoms. The van der Waals surface area contributed by atoms with Crippen LogP contribution in [0.2, 0.25) is 0 Å². The van der Waals surface area contributed by atoms with Crippen molar-refractivity contribution in [3.8, 4) is 5.75 Å². The van der Waals surface area contributed by atoms with E-state index < -0.39 is 0 Å². The number of phenols is 1. The van der Waals surface area contributed by atoms with Gasteiger partial charge >= 0.3 is 0 Å². The predicted octanol–water partition coefficient (Wildman–Crippen LogP) is 4.19. The molecule has 3 atom stereocenters. The van der Waals surface area contributed by atoms with Crippen LogP contribution in [0, 0.1) is 17.7 Å². The summed E-state index contributed by atoms with van der Waals surface area (Å²) in [6, 6.07) is 12.5. The van der Waals surface area contributed by atoms with Gasteiger partial charge < -0.3 is 10.4 Å². The second-order valence-electron chi connectivity index (χ2n) is 10.1. The first-order valence-corrected chi connectivity index (χ1v) is 12.0. The van der Waals surface area contributed by atoms with E-state index in [1.807, 2.05) is 12.1 Å². The number of likely N-dealkylation sites (tertiary alicyclic amines) is 1. The maximum absolute atomic E-state index is 13.1. The van der Waals surface area contributed by atoms with Crippen molar-refractivity contribution in [2.75, 3.05) is 19.6 Å². The molecule has 2 N–H and O–H groups in total. The summed E-state index contributed by atoms with van der Waals surface area (Å²) in [5, 5.41) is 13.4. The molecule has 2 aromatic carbocycles. The topological polar surface area (TPSA) is 52.6 Å². The number of hydrogen-bond acceptors (Lipinski definition) is 3. The molecule has 2 aromatic rings. The van der Waals surface area contributed by atoms with Crippen molar-refractivity contribution in [3.05, 3.63) is 65.0 Å². The fraction of sp³-hybridized carbons (Fsp3) is 0.519. The van der Waals surface area contributed by atoms with Gasteiger partial charge in [0.05, 0.1) is 6.42 Å². The molecule has 2 bridgehead atoms. The molecule has 0 spiro atoms. The van der Waals surface area contributed by atoms with Crippen LogP contribution in [0.15, 0.2) is 42.5 Å². The van der Waals surface area contributed by atoms with Gasteiger partial charge in [0, 0.05) is 24.5 Å². The molecular weight excluding hydrogens is 403 g/mol. The molecule has 32 heavy (non-hydrogen) atoms. The number of rotatable bonds is 7. The zero-order valence-corrected chi connectivity index (χ0v) is 18.8. The summed E-state index contributed by atoms with van der Waals surface area (Å²) < 4.78 is 13.1. The van der Waals surface area contributed by atoms with E-state index in [0.717, 1.165) is 37.3 Å². The number of phenolic OH excluding ortho intramolecular Hbond substituents is 1. The van der Waals surface area contributed by atoms with Gasteiger partial charge in [-0.2, -0.15) is 0 Å². The number of carbonyl (C=O) groups excluding carboxylic acids is 1. The molecule has 170 valence electrons. The molecule has 0 radical (unpaired) electrons. The van der Waals surface area contributed by atoms with E-state index in [4.69, 9.17) is 0 Å². The van der Waals surface area contributed by atoms with Crippen LogP contribution in [0.25, 0.3) is 0 Å². The first-order chi connectivity index (χ1) is 15.4. The first-order valence-electron chi connectivity index (χ1n) is 12.0. The highest BCUT2D eigenvalue weighted by Gasteiger charge is 2.51. The number of halogens is 1. The molecule has 2 fully saturated rings. The molecule has 1 amide bonds. The normalized spacial score (nSPS) is 27.1. The summed E-state index contributed by atoms with van der Waals surface area (Å²) in [4.78, 5) is 15.2. The Hall–Kier alpha value is -2.40. The van der Waals surface area contributed by atoms with Crippen molar-refractivity contribution in [1.29, 1.82) is 0 Å². The van der Waals surface area contributed by atoms with Crippen LogP contribution in [-0.4, -0.2) is 41.6 Å². The highest BCUT2D eigenvalue weighted by atomic mass is 19.1. The van der Waals surface area contributed by atoms with E-state index >= 15 is 0 Å². The summed E-state index contributed by atoms with van der Waals surface area (Å²) in [5.41, 5.74) is 3.42. The SMILES string of the molecule is C[C@H]1[C@H]2Cc3ccc(O)cc3[C@]1(CCNC(=O)Cc1ccc(F)cc1)CCN2CC1CC1. The Kier molecular flexibility index (Phi) is 5.70. The standard InChI is InChI=1S/C27H33FN2O2/c1-18-25-15-21-6-9-23(31)16-24(21)27(18,11-13-30(25)17-20-2-3-20)10-12-29-26(32)14-19-4-7-22(28)8-5-19/h4-9,16,18,20,25,31H,2-3,10-15,17H2,1H3,(H,29,32)/t18-,25+,27+/m0/s1. The zero-order valence-electron chi connectivity index (χ0n) is 18.8. The lowest BCUT2D eigenvalue weighted by atomic mass is 9.56. The van der Waals surface area contributed by atoms with Gasteiger partial charge in [-0.25, -0.2) is 4.39 Å². The monoisotopic (exact) mass is 436 g/mol. The lowest BCUT2D eigenvalue weighted by molar-refractivity contribution is -0.120. The highest BCUT2D eigenvalue weighted by molar-refractivity contribution is 5.78. The van der Waals surface area contributed by atoms with Crippen molar-refractivity contribution >= 4 is 5.91 Å². The lowest BCUT2D eigenvalue weighted by Gasteiger charge is -2.56. The van der Waals surface area contributed by atoms with Crippen LogP contribution in [0.4, 0.5) is 4.39 Å². The van der Waals surface area contributed by atoms with E-state index in [1.165, 1.54) is 42.6 Å². The van der Waals surface area contributed by atoms with Gasteiger partial charge in [-0.3, -0.25) is 9.69 Å². The molecule has 4 nitrogen and oxygen atoms in total. The van der Waals surface area contributed by atoms with Crippen LogP contribution < -0.4 is 5.32 Å². The van der Waals surface area contributed by atoms with Crippen LogP contribution in [-0.2, 0) is 23.1 Å². The molecule has 1 heterocycles. The van der Waals surface area contributed by atoms with Crippen LogP contribution in [0.5, 0.6) is 5.75 Å². The Morgan fingerprint density at radius 1 is 1.22 bits per heavy atom. The summed E-state index contributed by atoms with van der Waals surface area (Å²) in [6.45, 7) is 5.28. The summed E-state index contributed by atoms with van der Waals surface area (Å²) >= 11 is 0. The van der Waals surface area contributed by atoms with Crippen molar-refractivity contribution in [2.24, 2.45) is 11.8 Å². The van der Waals surface area contributed by atoms with Gasteiger partial charge in [-0.1, -0.05) is 25.1 Å². The Balaban J connectivity index is 1.31. The zero-order chi connectivity index (χ0) is 22.3. The van der Waals surface area contributed by atoms with Gasteiger partial charge in [0.2, 0.25) is 5.91 Å². The maximum atomic E-state index is 13.1. The van der Waals surface area contributed by atoms with E-state index in [1.54, 1.807) is 12.1 Å². The van der Waals surface area contributed by atoms with Crippen LogP contribution in [0.3, 0.4) is 0 Å². The molecule has 5 rings (SSSR count). The van der Waals surface area contributed by atoms with E-state index in [-0.39, 0.29) is 23.6 Å². The number of benzene rings is 2. The number of nitrogens with one attached hydrogen (secondary N) is 1. The first kappa shape index (κ1) is 21.4. The fourth-order valence-corrected chi connectivity index (χ4v) is 6.16. The average Bonchev–Trinajstić information content (AvgIpc) is 3.58. The largest absolute Gasteiger partial charge is 0.508 e. The van der Waals surface area contributed by atoms with Gasteiger partial charge in [0.25, 0.3) is 0 Å². The molecule has 1 saturated heterocycles. The Bertz CT molecular complexity index is 988. The van der Waals surface area contributed by atoms with Gasteiger partial charge in [0.1, 0.15) is 11.6 Å². The Morgan fingerprint density at radius 3 is 2.75 bits per heavy atom. The minimum Gasteiger partial charge on any atom is -0.508 e. The third kappa shape index (κ3) is 4.15. The number of fused-ring (bicyclic) bond motifs is 4. The van der Waals surface area contributed by atoms with E-state index in [0.29, 0.717) is 24.3 Å². The number of nitrogens with zero attached hydrogens (tertiary/aromatic N) is 1. The van der Waals surface area contributed by atoms with E-state index in [2.05, 4.69) is 23.2 Å². The molecule has 1 aliphatic heterocycles. The Labute approximate surface area is 189 Å². The molecule has 0 unspecified atom stereocenters. The molecule has 1 saturated carbocycles. The van der Waals surface area contributed by atoms with Crippen molar-refractivity contribution in [1.82, 2.24) is 10.2 Å². The average molecular weight is 437 g/mol. The minimum atomic E-state index is -0.288. The third-order valence-corrected chi connectivity index (χ3v) is 8.18. The van der Waals surface area contributed by atoms with Gasteiger partial charge in [0.15, 0.2) is 0 Å². The van der Waals surface area contributed by atoms with Crippen molar-refractivity contribution in [2.45, 2.75) is 56.9 Å². The van der Waals surface area contributed by atoms with E-state index in [9.17, 15) is 14.3 Å². The number of hydrogen-bond donors (Lipinski definition) is 2. The van der Waals surface area contributed by atoms with Gasteiger partial charge in [-0.05, 0) is 91.4 Å². The molecule has 2 aliphatic carbocycles. The second-order valence-corrected chi connectivity index (χ2v) is 10.1. The van der Waals surface area contributed by atoms with Crippen LogP contribution in [0.1, 0.15) is 49.3 Å². The van der Waals surface area contributed by atoms with Crippen molar-refractivity contribution < 1.29 is 14.3 Å². The number of aromatic hydroxyl groups is 1. The number of amides is 1. The van der Waals surface area contributed by atoms with Crippen molar-refractivity contribution in [3.63, 3.8) is 0 Å². The predicted molar refractivity (Wildman–Crippen MR) is 123 cm³/mol. The number of piperidine rings is 1. The summed E-state index contributed by atoms with van der Waals surface area (Å²) in [5.74, 6) is 1.36. The maximum Gasteiger partial charge on any atom is 0.224 e. The lowest BCUT2D eigenvalue weighted by Crippen LogP contribution is -2.60.